The maximum atomic E-state index is 11.8. The molecular weight excluding hydrogens is 340 g/mol. The van der Waals surface area contributed by atoms with E-state index in [-0.39, 0.29) is 17.5 Å². The number of aromatic nitrogens is 2. The molecule has 2 aromatic rings. The van der Waals surface area contributed by atoms with Crippen molar-refractivity contribution in [2.45, 2.75) is 19.4 Å². The highest BCUT2D eigenvalue weighted by molar-refractivity contribution is 7.91. The number of nitrogens with one attached hydrogen (secondary N) is 1. The van der Waals surface area contributed by atoms with E-state index < -0.39 is 9.84 Å². The molecule has 1 aromatic carbocycles. The fraction of sp³-hybridized carbons (Fsp3) is 0.412. The number of hydrogen-bond donors (Lipinski definition) is 1. The van der Waals surface area contributed by atoms with Crippen LogP contribution in [0.5, 0.6) is 5.75 Å². The number of nitrogens with zero attached hydrogens (tertiary/aromatic N) is 3. The topological polar surface area (TPSA) is 84.4 Å². The minimum Gasteiger partial charge on any atom is -0.497 e. The lowest BCUT2D eigenvalue weighted by Crippen LogP contribution is -2.36. The Bertz CT molecular complexity index is 841. The quantitative estimate of drug-likeness (QED) is 0.843. The van der Waals surface area contributed by atoms with Crippen LogP contribution in [-0.4, -0.2) is 49.6 Å². The molecule has 0 aliphatic carbocycles. The van der Waals surface area contributed by atoms with Crippen molar-refractivity contribution in [2.75, 3.05) is 35.4 Å². The van der Waals surface area contributed by atoms with Crippen molar-refractivity contribution in [2.24, 2.45) is 0 Å². The number of methoxy groups -OCH3 is 1. The van der Waals surface area contributed by atoms with Crippen LogP contribution in [0.4, 0.5) is 17.3 Å². The third-order valence-corrected chi connectivity index (χ3v) is 6.03. The number of benzene rings is 1. The molecule has 0 amide bonds. The van der Waals surface area contributed by atoms with Crippen LogP contribution in [0.3, 0.4) is 0 Å². The Morgan fingerprint density at radius 2 is 2.16 bits per heavy atom. The third-order valence-electron chi connectivity index (χ3n) is 4.28. The van der Waals surface area contributed by atoms with Crippen LogP contribution >= 0.6 is 0 Å². The van der Waals surface area contributed by atoms with E-state index in [0.717, 1.165) is 17.3 Å². The molecule has 1 aromatic heterocycles. The molecule has 8 heteroatoms. The predicted molar refractivity (Wildman–Crippen MR) is 98.4 cm³/mol. The van der Waals surface area contributed by atoms with E-state index in [1.807, 2.05) is 42.2 Å². The molecule has 0 bridgehead atoms. The Balaban J connectivity index is 1.80. The SMILES string of the molecule is CCN(c1cc(Nc2cccc(OC)c2)ncn1)C1CCS(=O)(=O)C1. The largest absolute Gasteiger partial charge is 0.497 e. The summed E-state index contributed by atoms with van der Waals surface area (Å²) in [6.45, 7) is 2.69. The van der Waals surface area contributed by atoms with Gasteiger partial charge in [-0.05, 0) is 25.5 Å². The van der Waals surface area contributed by atoms with Crippen molar-refractivity contribution in [1.29, 1.82) is 0 Å². The number of ether oxygens (including phenoxy) is 1. The molecule has 1 atom stereocenters. The van der Waals surface area contributed by atoms with Crippen LogP contribution in [0.15, 0.2) is 36.7 Å². The van der Waals surface area contributed by atoms with E-state index in [2.05, 4.69) is 15.3 Å². The molecule has 1 N–H and O–H groups in total. The van der Waals surface area contributed by atoms with Crippen molar-refractivity contribution in [3.05, 3.63) is 36.7 Å². The van der Waals surface area contributed by atoms with E-state index in [9.17, 15) is 8.42 Å². The van der Waals surface area contributed by atoms with Crippen molar-refractivity contribution in [1.82, 2.24) is 9.97 Å². The smallest absolute Gasteiger partial charge is 0.152 e. The summed E-state index contributed by atoms with van der Waals surface area (Å²) in [6.07, 6.45) is 2.13. The van der Waals surface area contributed by atoms with Gasteiger partial charge in [0, 0.05) is 30.4 Å². The van der Waals surface area contributed by atoms with Gasteiger partial charge in [0.2, 0.25) is 0 Å². The second-order valence-electron chi connectivity index (χ2n) is 5.96. The second-order valence-corrected chi connectivity index (χ2v) is 8.19. The monoisotopic (exact) mass is 362 g/mol. The van der Waals surface area contributed by atoms with Gasteiger partial charge in [-0.3, -0.25) is 0 Å². The number of sulfone groups is 1. The fourth-order valence-electron chi connectivity index (χ4n) is 3.05. The summed E-state index contributed by atoms with van der Waals surface area (Å²) in [5, 5.41) is 3.23. The molecule has 134 valence electrons. The van der Waals surface area contributed by atoms with E-state index in [0.29, 0.717) is 18.8 Å². The summed E-state index contributed by atoms with van der Waals surface area (Å²) in [7, 11) is -1.32. The maximum Gasteiger partial charge on any atom is 0.152 e. The Morgan fingerprint density at radius 1 is 1.32 bits per heavy atom. The lowest BCUT2D eigenvalue weighted by Gasteiger charge is -2.28. The molecule has 25 heavy (non-hydrogen) atoms. The Morgan fingerprint density at radius 3 is 2.84 bits per heavy atom. The van der Waals surface area contributed by atoms with Gasteiger partial charge < -0.3 is 15.0 Å². The number of hydrogen-bond acceptors (Lipinski definition) is 7. The number of rotatable bonds is 6. The zero-order valence-electron chi connectivity index (χ0n) is 14.3. The Hall–Kier alpha value is -2.35. The van der Waals surface area contributed by atoms with Gasteiger partial charge in [-0.15, -0.1) is 0 Å². The molecule has 0 radical (unpaired) electrons. The summed E-state index contributed by atoms with van der Waals surface area (Å²) in [4.78, 5) is 10.6. The van der Waals surface area contributed by atoms with Crippen LogP contribution in [-0.2, 0) is 9.84 Å². The van der Waals surface area contributed by atoms with E-state index in [4.69, 9.17) is 4.74 Å². The fourth-order valence-corrected chi connectivity index (χ4v) is 4.78. The summed E-state index contributed by atoms with van der Waals surface area (Å²) in [6, 6.07) is 9.37. The molecule has 1 fully saturated rings. The first-order valence-electron chi connectivity index (χ1n) is 8.21. The lowest BCUT2D eigenvalue weighted by molar-refractivity contribution is 0.415. The van der Waals surface area contributed by atoms with Crippen molar-refractivity contribution in [3.63, 3.8) is 0 Å². The van der Waals surface area contributed by atoms with Gasteiger partial charge in [-0.25, -0.2) is 18.4 Å². The molecule has 7 nitrogen and oxygen atoms in total. The first-order chi connectivity index (χ1) is 12.0. The van der Waals surface area contributed by atoms with Crippen LogP contribution < -0.4 is 15.0 Å². The van der Waals surface area contributed by atoms with Gasteiger partial charge in [0.15, 0.2) is 9.84 Å². The van der Waals surface area contributed by atoms with Crippen LogP contribution in [0.25, 0.3) is 0 Å². The molecule has 3 rings (SSSR count). The third kappa shape index (κ3) is 4.19. The van der Waals surface area contributed by atoms with Crippen LogP contribution in [0, 0.1) is 0 Å². The molecule has 1 saturated heterocycles. The van der Waals surface area contributed by atoms with Gasteiger partial charge in [0.05, 0.1) is 18.6 Å². The van der Waals surface area contributed by atoms with Crippen molar-refractivity contribution >= 4 is 27.2 Å². The summed E-state index contributed by atoms with van der Waals surface area (Å²) < 4.78 is 28.8. The van der Waals surface area contributed by atoms with Gasteiger partial charge in [-0.2, -0.15) is 0 Å². The highest BCUT2D eigenvalue weighted by Gasteiger charge is 2.32. The van der Waals surface area contributed by atoms with Gasteiger partial charge in [-0.1, -0.05) is 6.07 Å². The van der Waals surface area contributed by atoms with Crippen LogP contribution in [0.2, 0.25) is 0 Å². The van der Waals surface area contributed by atoms with Crippen molar-refractivity contribution < 1.29 is 13.2 Å². The lowest BCUT2D eigenvalue weighted by atomic mass is 10.2. The zero-order chi connectivity index (χ0) is 17.9. The molecule has 1 unspecified atom stereocenters. The van der Waals surface area contributed by atoms with Gasteiger partial charge in [0.25, 0.3) is 0 Å². The maximum absolute atomic E-state index is 11.8. The molecule has 0 saturated carbocycles. The van der Waals surface area contributed by atoms with Crippen molar-refractivity contribution in [3.8, 4) is 5.75 Å². The Labute approximate surface area is 148 Å². The standard InChI is InChI=1S/C17H22N4O3S/c1-3-21(14-7-8-25(22,23)11-14)17-10-16(18-12-19-17)20-13-5-4-6-15(9-13)24-2/h4-6,9-10,12,14H,3,7-8,11H2,1-2H3,(H,18,19,20). The first kappa shape index (κ1) is 17.5. The van der Waals surface area contributed by atoms with Gasteiger partial charge in [0.1, 0.15) is 23.7 Å². The molecular formula is C17H22N4O3S. The average molecular weight is 362 g/mol. The highest BCUT2D eigenvalue weighted by Crippen LogP contribution is 2.25. The summed E-state index contributed by atoms with van der Waals surface area (Å²) in [5.41, 5.74) is 0.857. The molecule has 0 spiro atoms. The minimum atomic E-state index is -2.94. The first-order valence-corrected chi connectivity index (χ1v) is 10.0. The minimum absolute atomic E-state index is 0.0328. The summed E-state index contributed by atoms with van der Waals surface area (Å²) in [5.74, 6) is 2.56. The van der Waals surface area contributed by atoms with E-state index >= 15 is 0 Å². The number of anilines is 3. The average Bonchev–Trinajstić information content (AvgIpc) is 2.96. The van der Waals surface area contributed by atoms with E-state index in [1.165, 1.54) is 6.33 Å². The Kier molecular flexibility index (Phi) is 5.08. The summed E-state index contributed by atoms with van der Waals surface area (Å²) >= 11 is 0. The van der Waals surface area contributed by atoms with Crippen LogP contribution in [0.1, 0.15) is 13.3 Å². The zero-order valence-corrected chi connectivity index (χ0v) is 15.2. The second kappa shape index (κ2) is 7.26. The normalized spacial score (nSPS) is 18.7. The predicted octanol–water partition coefficient (Wildman–Crippen LogP) is 2.24. The van der Waals surface area contributed by atoms with E-state index in [1.54, 1.807) is 7.11 Å². The molecule has 1 aliphatic heterocycles. The molecule has 2 heterocycles. The highest BCUT2D eigenvalue weighted by atomic mass is 32.2. The molecule has 1 aliphatic rings. The van der Waals surface area contributed by atoms with Gasteiger partial charge >= 0.3 is 0 Å².